The summed E-state index contributed by atoms with van der Waals surface area (Å²) in [6.45, 7) is 1.96. The van der Waals surface area contributed by atoms with Gasteiger partial charge in [0.2, 0.25) is 0 Å². The average Bonchev–Trinajstić information content (AvgIpc) is 3.04. The van der Waals surface area contributed by atoms with Crippen molar-refractivity contribution in [3.8, 4) is 0 Å². The summed E-state index contributed by atoms with van der Waals surface area (Å²) < 4.78 is 5.21. The van der Waals surface area contributed by atoms with E-state index in [0.717, 1.165) is 5.56 Å². The Bertz CT molecular complexity index is 862. The third kappa shape index (κ3) is 3.55. The topological polar surface area (TPSA) is 66.8 Å². The number of carbonyl (C=O) groups is 2. The standard InChI is InChI=1S/C20H19Cl2NO4/c1-2-27-19(26)18-9-14-17(4-3-7-20(14,11-24)12-25)23(18)10-13-5-6-15(21)16(22)8-13/h3-9,11,18,25H,2,10,12H2,1H3. The van der Waals surface area contributed by atoms with Crippen molar-refractivity contribution in [1.29, 1.82) is 0 Å². The highest BCUT2D eigenvalue weighted by molar-refractivity contribution is 6.42. The summed E-state index contributed by atoms with van der Waals surface area (Å²) in [6.07, 6.45) is 7.57. The van der Waals surface area contributed by atoms with Gasteiger partial charge in [0, 0.05) is 12.2 Å². The van der Waals surface area contributed by atoms with Gasteiger partial charge in [0.05, 0.1) is 28.7 Å². The first-order valence-corrected chi connectivity index (χ1v) is 9.28. The van der Waals surface area contributed by atoms with Gasteiger partial charge in [-0.3, -0.25) is 0 Å². The van der Waals surface area contributed by atoms with Crippen molar-refractivity contribution in [2.24, 2.45) is 5.41 Å². The Morgan fingerprint density at radius 3 is 2.78 bits per heavy atom. The maximum absolute atomic E-state index is 12.5. The Balaban J connectivity index is 2.01. The van der Waals surface area contributed by atoms with E-state index < -0.39 is 17.4 Å². The first-order valence-electron chi connectivity index (χ1n) is 8.52. The van der Waals surface area contributed by atoms with Crippen LogP contribution in [-0.4, -0.2) is 41.5 Å². The van der Waals surface area contributed by atoms with E-state index >= 15 is 0 Å². The molecule has 1 aromatic carbocycles. The van der Waals surface area contributed by atoms with Crippen LogP contribution in [0.1, 0.15) is 12.5 Å². The summed E-state index contributed by atoms with van der Waals surface area (Å²) in [5.41, 5.74) is 0.981. The molecular weight excluding hydrogens is 389 g/mol. The predicted octanol–water partition coefficient (Wildman–Crippen LogP) is 3.30. The van der Waals surface area contributed by atoms with E-state index in [1.165, 1.54) is 0 Å². The van der Waals surface area contributed by atoms with Crippen LogP contribution in [0.15, 0.2) is 53.8 Å². The van der Waals surface area contributed by atoms with Crippen LogP contribution in [0.2, 0.25) is 10.0 Å². The Kier molecular flexibility index (Phi) is 5.75. The van der Waals surface area contributed by atoms with Crippen LogP contribution in [0.3, 0.4) is 0 Å². The maximum Gasteiger partial charge on any atom is 0.332 e. The molecule has 0 radical (unpaired) electrons. The summed E-state index contributed by atoms with van der Waals surface area (Å²) in [7, 11) is 0. The number of aliphatic hydroxyl groups is 1. The van der Waals surface area contributed by atoms with Crippen molar-refractivity contribution in [1.82, 2.24) is 4.90 Å². The molecule has 2 aliphatic rings. The number of nitrogens with zero attached hydrogens (tertiary/aromatic N) is 1. The molecule has 1 aromatic rings. The van der Waals surface area contributed by atoms with Gasteiger partial charge in [-0.2, -0.15) is 0 Å². The van der Waals surface area contributed by atoms with E-state index in [1.54, 1.807) is 37.3 Å². The molecule has 0 fully saturated rings. The zero-order valence-corrected chi connectivity index (χ0v) is 16.2. The van der Waals surface area contributed by atoms with E-state index in [1.807, 2.05) is 17.0 Å². The molecule has 0 aromatic heterocycles. The lowest BCUT2D eigenvalue weighted by atomic mass is 9.78. The molecule has 0 saturated heterocycles. The van der Waals surface area contributed by atoms with Gasteiger partial charge >= 0.3 is 5.97 Å². The minimum atomic E-state index is -1.17. The monoisotopic (exact) mass is 407 g/mol. The number of hydrogen-bond acceptors (Lipinski definition) is 5. The van der Waals surface area contributed by atoms with Crippen LogP contribution in [0.5, 0.6) is 0 Å². The van der Waals surface area contributed by atoms with Gasteiger partial charge in [0.15, 0.2) is 0 Å². The zero-order valence-electron chi connectivity index (χ0n) is 14.7. The number of aliphatic hydroxyl groups excluding tert-OH is 1. The first kappa shape index (κ1) is 19.7. The van der Waals surface area contributed by atoms with Crippen LogP contribution in [0, 0.1) is 5.41 Å². The maximum atomic E-state index is 12.5. The number of aldehydes is 1. The van der Waals surface area contributed by atoms with Gasteiger partial charge in [-0.05, 0) is 42.3 Å². The molecule has 0 bridgehead atoms. The Labute approximate surface area is 167 Å². The van der Waals surface area contributed by atoms with E-state index in [4.69, 9.17) is 27.9 Å². The molecule has 1 N–H and O–H groups in total. The van der Waals surface area contributed by atoms with Crippen LogP contribution >= 0.6 is 23.2 Å². The molecule has 0 saturated carbocycles. The van der Waals surface area contributed by atoms with E-state index in [2.05, 4.69) is 0 Å². The Hall–Kier alpha value is -2.08. The third-order valence-electron chi connectivity index (χ3n) is 4.73. The number of rotatable bonds is 6. The highest BCUT2D eigenvalue weighted by Gasteiger charge is 2.44. The average molecular weight is 408 g/mol. The van der Waals surface area contributed by atoms with Crippen LogP contribution in [-0.2, 0) is 20.9 Å². The fraction of sp³-hybridized carbons (Fsp3) is 0.300. The molecule has 7 heteroatoms. The van der Waals surface area contributed by atoms with Crippen LogP contribution in [0.25, 0.3) is 0 Å². The molecular formula is C20H19Cl2NO4. The lowest BCUT2D eigenvalue weighted by molar-refractivity contribution is -0.146. The fourth-order valence-electron chi connectivity index (χ4n) is 3.34. The summed E-state index contributed by atoms with van der Waals surface area (Å²) in [6, 6.07) is 4.56. The summed E-state index contributed by atoms with van der Waals surface area (Å²) in [5.74, 6) is -0.418. The number of ether oxygens (including phenoxy) is 1. The van der Waals surface area contributed by atoms with Crippen molar-refractivity contribution >= 4 is 35.5 Å². The molecule has 142 valence electrons. The molecule has 2 unspecified atom stereocenters. The van der Waals surface area contributed by atoms with Gasteiger partial charge < -0.3 is 19.5 Å². The highest BCUT2D eigenvalue weighted by atomic mass is 35.5. The van der Waals surface area contributed by atoms with Crippen molar-refractivity contribution in [3.05, 3.63) is 69.4 Å². The summed E-state index contributed by atoms with van der Waals surface area (Å²) in [4.78, 5) is 26.1. The zero-order chi connectivity index (χ0) is 19.6. The number of halogens is 2. The molecule has 3 rings (SSSR count). The molecule has 1 heterocycles. The number of fused-ring (bicyclic) bond motifs is 1. The lowest BCUT2D eigenvalue weighted by Gasteiger charge is -2.32. The Morgan fingerprint density at radius 2 is 2.15 bits per heavy atom. The van der Waals surface area contributed by atoms with Crippen molar-refractivity contribution in [2.75, 3.05) is 13.2 Å². The summed E-state index contributed by atoms with van der Waals surface area (Å²) in [5, 5.41) is 10.7. The quantitative estimate of drug-likeness (QED) is 0.578. The molecule has 1 aliphatic heterocycles. The number of hydrogen-bond donors (Lipinski definition) is 1. The van der Waals surface area contributed by atoms with E-state index in [9.17, 15) is 14.7 Å². The van der Waals surface area contributed by atoms with Crippen molar-refractivity contribution in [2.45, 2.75) is 19.5 Å². The Morgan fingerprint density at radius 1 is 1.37 bits per heavy atom. The molecule has 5 nitrogen and oxygen atoms in total. The van der Waals surface area contributed by atoms with Gasteiger partial charge in [0.25, 0.3) is 0 Å². The lowest BCUT2D eigenvalue weighted by Crippen LogP contribution is -2.37. The largest absolute Gasteiger partial charge is 0.464 e. The second-order valence-electron chi connectivity index (χ2n) is 6.38. The second kappa shape index (κ2) is 7.89. The highest BCUT2D eigenvalue weighted by Crippen LogP contribution is 2.43. The van der Waals surface area contributed by atoms with Crippen LogP contribution < -0.4 is 0 Å². The molecule has 1 aliphatic carbocycles. The van der Waals surface area contributed by atoms with Crippen molar-refractivity contribution in [3.63, 3.8) is 0 Å². The second-order valence-corrected chi connectivity index (χ2v) is 7.20. The molecule has 2 atom stereocenters. The molecule has 0 amide bonds. The SMILES string of the molecule is CCOC(=O)C1C=C2C(=CC=CC2(C=O)CO)N1Cc1ccc(Cl)c(Cl)c1. The predicted molar refractivity (Wildman–Crippen MR) is 103 cm³/mol. The number of carbonyl (C=O) groups excluding carboxylic acids is 2. The third-order valence-corrected chi connectivity index (χ3v) is 5.47. The summed E-state index contributed by atoms with van der Waals surface area (Å²) >= 11 is 12.1. The number of benzene rings is 1. The first-order chi connectivity index (χ1) is 13.0. The van der Waals surface area contributed by atoms with Crippen LogP contribution in [0.4, 0.5) is 0 Å². The normalized spacial score (nSPS) is 23.6. The molecule has 0 spiro atoms. The minimum Gasteiger partial charge on any atom is -0.464 e. The van der Waals surface area contributed by atoms with E-state index in [0.29, 0.717) is 34.1 Å². The van der Waals surface area contributed by atoms with Gasteiger partial charge in [-0.15, -0.1) is 0 Å². The van der Waals surface area contributed by atoms with Gasteiger partial charge in [-0.1, -0.05) is 41.4 Å². The minimum absolute atomic E-state index is 0.245. The smallest absolute Gasteiger partial charge is 0.332 e. The van der Waals surface area contributed by atoms with E-state index in [-0.39, 0.29) is 13.2 Å². The van der Waals surface area contributed by atoms with Crippen molar-refractivity contribution < 1.29 is 19.4 Å². The molecule has 27 heavy (non-hydrogen) atoms. The fourth-order valence-corrected chi connectivity index (χ4v) is 3.66. The number of allylic oxidation sites excluding steroid dienone is 3. The van der Waals surface area contributed by atoms with Gasteiger partial charge in [0.1, 0.15) is 12.3 Å². The number of esters is 1. The van der Waals surface area contributed by atoms with Gasteiger partial charge in [-0.25, -0.2) is 4.79 Å².